The summed E-state index contributed by atoms with van der Waals surface area (Å²) in [7, 11) is -3.14. The fourth-order valence-electron chi connectivity index (χ4n) is 2.36. The van der Waals surface area contributed by atoms with Gasteiger partial charge in [0.15, 0.2) is 0 Å². The molecule has 0 amide bonds. The van der Waals surface area contributed by atoms with Gasteiger partial charge in [-0.1, -0.05) is 11.6 Å². The van der Waals surface area contributed by atoms with Crippen LogP contribution in [0.1, 0.15) is 30.4 Å². The molecule has 0 radical (unpaired) electrons. The second-order valence-corrected chi connectivity index (χ2v) is 8.56. The van der Waals surface area contributed by atoms with Crippen LogP contribution in [0.25, 0.3) is 0 Å². The molecule has 2 heterocycles. The van der Waals surface area contributed by atoms with Gasteiger partial charge in [0.05, 0.1) is 12.5 Å². The molecule has 19 heavy (non-hydrogen) atoms. The van der Waals surface area contributed by atoms with Crippen LogP contribution in [-0.4, -0.2) is 42.2 Å². The molecule has 1 aliphatic rings. The van der Waals surface area contributed by atoms with E-state index >= 15 is 0 Å². The van der Waals surface area contributed by atoms with E-state index < -0.39 is 16.1 Å². The van der Waals surface area contributed by atoms with E-state index in [0.29, 0.717) is 28.9 Å². The van der Waals surface area contributed by atoms with Crippen molar-refractivity contribution in [2.24, 2.45) is 5.92 Å². The minimum atomic E-state index is -3.14. The molecule has 8 heteroatoms. The average molecular weight is 325 g/mol. The van der Waals surface area contributed by atoms with Gasteiger partial charge in [-0.05, 0) is 25.2 Å². The summed E-state index contributed by atoms with van der Waals surface area (Å²) in [5.41, 5.74) is 0. The first-order valence-electron chi connectivity index (χ1n) is 6.10. The molecule has 1 N–H and O–H groups in total. The van der Waals surface area contributed by atoms with Crippen LogP contribution < -0.4 is 0 Å². The molecule has 108 valence electrons. The van der Waals surface area contributed by atoms with E-state index in [1.807, 2.05) is 0 Å². The zero-order chi connectivity index (χ0) is 14.0. The molecule has 2 rings (SSSR count). The lowest BCUT2D eigenvalue weighted by atomic mass is 9.93. The van der Waals surface area contributed by atoms with Crippen LogP contribution in [0.15, 0.2) is 6.20 Å². The lowest BCUT2D eigenvalue weighted by Crippen LogP contribution is -2.39. The number of nitrogens with zero attached hydrogens (tertiary/aromatic N) is 2. The Morgan fingerprint density at radius 1 is 1.68 bits per heavy atom. The molecule has 0 bridgehead atoms. The van der Waals surface area contributed by atoms with E-state index in [1.54, 1.807) is 0 Å². The summed E-state index contributed by atoms with van der Waals surface area (Å²) < 4.78 is 25.1. The third kappa shape index (κ3) is 4.13. The van der Waals surface area contributed by atoms with Crippen LogP contribution in [0.3, 0.4) is 0 Å². The van der Waals surface area contributed by atoms with E-state index in [4.69, 9.17) is 11.6 Å². The first-order valence-corrected chi connectivity index (χ1v) is 9.15. The summed E-state index contributed by atoms with van der Waals surface area (Å²) in [5.74, 6) is 0.168. The van der Waals surface area contributed by atoms with E-state index in [1.165, 1.54) is 28.1 Å². The summed E-state index contributed by atoms with van der Waals surface area (Å²) >= 11 is 7.05. The zero-order valence-electron chi connectivity index (χ0n) is 10.6. The molecular weight excluding hydrogens is 308 g/mol. The molecule has 1 aromatic heterocycles. The number of hydrogen-bond acceptors (Lipinski definition) is 5. The smallest absolute Gasteiger partial charge is 0.211 e. The molecule has 1 aromatic rings. The highest BCUT2D eigenvalue weighted by atomic mass is 35.5. The Hall–Kier alpha value is -0.210. The maximum atomic E-state index is 11.5. The second kappa shape index (κ2) is 6.05. The Morgan fingerprint density at radius 3 is 3.00 bits per heavy atom. The summed E-state index contributed by atoms with van der Waals surface area (Å²) in [6.07, 6.45) is 4.38. The molecule has 0 spiro atoms. The topological polar surface area (TPSA) is 70.5 Å². The minimum absolute atomic E-state index is 0.168. The predicted octanol–water partition coefficient (Wildman–Crippen LogP) is 1.89. The largest absolute Gasteiger partial charge is 0.386 e. The third-order valence-corrected chi connectivity index (χ3v) is 5.77. The standard InChI is InChI=1S/C11H17ClN2O3S2/c1-19(16,17)14-4-2-3-8(7-14)5-9(15)11-13-6-10(12)18-11/h6,8-9,15H,2-5,7H2,1H3. The molecule has 1 saturated heterocycles. The fourth-order valence-corrected chi connectivity index (χ4v) is 4.23. The number of sulfonamides is 1. The molecule has 0 saturated carbocycles. The van der Waals surface area contributed by atoms with Gasteiger partial charge >= 0.3 is 0 Å². The van der Waals surface area contributed by atoms with Gasteiger partial charge in [0.1, 0.15) is 15.4 Å². The Morgan fingerprint density at radius 2 is 2.42 bits per heavy atom. The average Bonchev–Trinajstić information content (AvgIpc) is 2.75. The first-order chi connectivity index (χ1) is 8.86. The number of hydrogen-bond donors (Lipinski definition) is 1. The van der Waals surface area contributed by atoms with Crippen molar-refractivity contribution in [1.29, 1.82) is 0 Å². The highest BCUT2D eigenvalue weighted by molar-refractivity contribution is 7.88. The zero-order valence-corrected chi connectivity index (χ0v) is 13.0. The van der Waals surface area contributed by atoms with Crippen LogP contribution in [-0.2, 0) is 10.0 Å². The number of aliphatic hydroxyl groups is 1. The molecule has 2 atom stereocenters. The van der Waals surface area contributed by atoms with E-state index in [-0.39, 0.29) is 5.92 Å². The van der Waals surface area contributed by atoms with Crippen LogP contribution in [0.4, 0.5) is 0 Å². The van der Waals surface area contributed by atoms with E-state index in [2.05, 4.69) is 4.98 Å². The van der Waals surface area contributed by atoms with Crippen LogP contribution in [0, 0.1) is 5.92 Å². The highest BCUT2D eigenvalue weighted by Crippen LogP contribution is 2.31. The van der Waals surface area contributed by atoms with E-state index in [0.717, 1.165) is 12.8 Å². The van der Waals surface area contributed by atoms with Gasteiger partial charge in [0.2, 0.25) is 10.0 Å². The number of thiazole rings is 1. The fraction of sp³-hybridized carbons (Fsp3) is 0.727. The lowest BCUT2D eigenvalue weighted by molar-refractivity contribution is 0.122. The highest BCUT2D eigenvalue weighted by Gasteiger charge is 2.28. The van der Waals surface area contributed by atoms with Crippen molar-refractivity contribution in [3.63, 3.8) is 0 Å². The Kier molecular flexibility index (Phi) is 4.84. The number of rotatable bonds is 4. The third-order valence-electron chi connectivity index (χ3n) is 3.29. The number of aromatic nitrogens is 1. The second-order valence-electron chi connectivity index (χ2n) is 4.88. The number of piperidine rings is 1. The van der Waals surface area contributed by atoms with Gasteiger partial charge < -0.3 is 5.11 Å². The van der Waals surface area contributed by atoms with Crippen molar-refractivity contribution < 1.29 is 13.5 Å². The van der Waals surface area contributed by atoms with Gasteiger partial charge in [-0.15, -0.1) is 11.3 Å². The van der Waals surface area contributed by atoms with Gasteiger partial charge in [-0.25, -0.2) is 17.7 Å². The molecule has 1 aliphatic heterocycles. The van der Waals surface area contributed by atoms with Crippen LogP contribution >= 0.6 is 22.9 Å². The van der Waals surface area contributed by atoms with Gasteiger partial charge in [-0.3, -0.25) is 0 Å². The van der Waals surface area contributed by atoms with Crippen LogP contribution in [0.2, 0.25) is 4.34 Å². The molecule has 0 aromatic carbocycles. The molecule has 5 nitrogen and oxygen atoms in total. The molecule has 2 unspecified atom stereocenters. The summed E-state index contributed by atoms with van der Waals surface area (Å²) in [4.78, 5) is 4.05. The Bertz CT molecular complexity index is 532. The predicted molar refractivity (Wildman–Crippen MR) is 75.8 cm³/mol. The first kappa shape index (κ1) is 15.2. The van der Waals surface area contributed by atoms with Gasteiger partial charge in [0.25, 0.3) is 0 Å². The number of halogens is 1. The SMILES string of the molecule is CS(=O)(=O)N1CCCC(CC(O)c2ncc(Cl)s2)C1. The van der Waals surface area contributed by atoms with Gasteiger partial charge in [-0.2, -0.15) is 0 Å². The molecule has 0 aliphatic carbocycles. The quantitative estimate of drug-likeness (QED) is 0.918. The maximum absolute atomic E-state index is 11.5. The lowest BCUT2D eigenvalue weighted by Gasteiger charge is -2.31. The summed E-state index contributed by atoms with van der Waals surface area (Å²) in [5, 5.41) is 10.7. The number of aliphatic hydroxyl groups excluding tert-OH is 1. The normalized spacial score (nSPS) is 23.4. The van der Waals surface area contributed by atoms with Crippen molar-refractivity contribution in [3.05, 3.63) is 15.5 Å². The summed E-state index contributed by atoms with van der Waals surface area (Å²) in [6, 6.07) is 0. The monoisotopic (exact) mass is 324 g/mol. The van der Waals surface area contributed by atoms with Crippen molar-refractivity contribution in [2.45, 2.75) is 25.4 Å². The van der Waals surface area contributed by atoms with Crippen LogP contribution in [0.5, 0.6) is 0 Å². The maximum Gasteiger partial charge on any atom is 0.211 e. The molecular formula is C11H17ClN2O3S2. The van der Waals surface area contributed by atoms with Crippen molar-refractivity contribution in [2.75, 3.05) is 19.3 Å². The van der Waals surface area contributed by atoms with Crippen molar-refractivity contribution >= 4 is 33.0 Å². The Labute approximate surface area is 122 Å². The minimum Gasteiger partial charge on any atom is -0.386 e. The van der Waals surface area contributed by atoms with E-state index in [9.17, 15) is 13.5 Å². The Balaban J connectivity index is 1.95. The van der Waals surface area contributed by atoms with Crippen molar-refractivity contribution in [3.8, 4) is 0 Å². The molecule has 1 fully saturated rings. The van der Waals surface area contributed by atoms with Crippen molar-refractivity contribution in [1.82, 2.24) is 9.29 Å². The van der Waals surface area contributed by atoms with Gasteiger partial charge in [0, 0.05) is 13.1 Å². The summed E-state index contributed by atoms with van der Waals surface area (Å²) in [6.45, 7) is 1.06.